The van der Waals surface area contributed by atoms with E-state index < -0.39 is 0 Å². The van der Waals surface area contributed by atoms with E-state index in [1.807, 2.05) is 11.7 Å². The lowest BCUT2D eigenvalue weighted by atomic mass is 9.95. The van der Waals surface area contributed by atoms with E-state index in [1.54, 1.807) is 11.3 Å². The van der Waals surface area contributed by atoms with E-state index in [9.17, 15) is 0 Å². The lowest BCUT2D eigenvalue weighted by Crippen LogP contribution is -2.30. The molecule has 0 aliphatic rings. The van der Waals surface area contributed by atoms with Crippen LogP contribution in [0.15, 0.2) is 42.0 Å². The van der Waals surface area contributed by atoms with Crippen molar-refractivity contribution in [3.05, 3.63) is 52.5 Å². The predicted molar refractivity (Wildman–Crippen MR) is 82.6 cm³/mol. The van der Waals surface area contributed by atoms with Gasteiger partial charge in [-0.15, -0.1) is 11.3 Å². The monoisotopic (exact) mass is 274 g/mol. The Morgan fingerprint density at radius 3 is 2.58 bits per heavy atom. The van der Waals surface area contributed by atoms with Crippen LogP contribution in [0.4, 0.5) is 0 Å². The molecule has 0 amide bonds. The second kappa shape index (κ2) is 7.41. The fraction of sp³-hybridized carbons (Fsp3) is 0.438. The van der Waals surface area contributed by atoms with Gasteiger partial charge in [-0.05, 0) is 30.9 Å². The summed E-state index contributed by atoms with van der Waals surface area (Å²) in [7, 11) is 0. The summed E-state index contributed by atoms with van der Waals surface area (Å²) in [4.78, 5) is 5.56. The van der Waals surface area contributed by atoms with Crippen LogP contribution in [0.25, 0.3) is 0 Å². The van der Waals surface area contributed by atoms with Crippen LogP contribution in [0.3, 0.4) is 0 Å². The molecule has 19 heavy (non-hydrogen) atoms. The molecule has 0 radical (unpaired) electrons. The minimum Gasteiger partial charge on any atom is -0.314 e. The number of hydrogen-bond donors (Lipinski definition) is 1. The van der Waals surface area contributed by atoms with Crippen molar-refractivity contribution in [2.45, 2.75) is 32.7 Å². The SMILES string of the molecule is CC(C)NCC(Cc1ccccc1)Cc1cncs1. The van der Waals surface area contributed by atoms with Gasteiger partial charge in [0.25, 0.3) is 0 Å². The molecule has 0 spiro atoms. The average molecular weight is 274 g/mol. The van der Waals surface area contributed by atoms with Gasteiger partial charge in [0.2, 0.25) is 0 Å². The third kappa shape index (κ3) is 5.13. The molecule has 3 heteroatoms. The van der Waals surface area contributed by atoms with E-state index in [0.29, 0.717) is 12.0 Å². The van der Waals surface area contributed by atoms with Crippen LogP contribution in [0.5, 0.6) is 0 Å². The van der Waals surface area contributed by atoms with Gasteiger partial charge in [0, 0.05) is 17.1 Å². The fourth-order valence-corrected chi connectivity index (χ4v) is 2.90. The first-order chi connectivity index (χ1) is 9.24. The number of aromatic nitrogens is 1. The van der Waals surface area contributed by atoms with Crippen molar-refractivity contribution >= 4 is 11.3 Å². The smallest absolute Gasteiger partial charge is 0.0794 e. The second-order valence-corrected chi connectivity index (χ2v) is 6.26. The Labute approximate surface area is 119 Å². The molecule has 1 heterocycles. The number of nitrogens with one attached hydrogen (secondary N) is 1. The normalized spacial score (nSPS) is 12.8. The maximum atomic E-state index is 4.18. The molecule has 1 unspecified atom stereocenters. The van der Waals surface area contributed by atoms with Gasteiger partial charge in [-0.2, -0.15) is 0 Å². The molecule has 1 atom stereocenters. The van der Waals surface area contributed by atoms with E-state index in [0.717, 1.165) is 19.4 Å². The summed E-state index contributed by atoms with van der Waals surface area (Å²) in [6, 6.07) is 11.3. The molecular formula is C16H22N2S. The average Bonchev–Trinajstić information content (AvgIpc) is 2.90. The first kappa shape index (κ1) is 14.2. The van der Waals surface area contributed by atoms with Gasteiger partial charge < -0.3 is 5.32 Å². The fourth-order valence-electron chi connectivity index (χ4n) is 2.19. The molecule has 2 nitrogen and oxygen atoms in total. The Kier molecular flexibility index (Phi) is 5.55. The molecule has 0 saturated carbocycles. The van der Waals surface area contributed by atoms with E-state index in [-0.39, 0.29) is 0 Å². The molecule has 0 aliphatic heterocycles. The molecule has 0 bridgehead atoms. The minimum atomic E-state index is 0.541. The number of nitrogens with zero attached hydrogens (tertiary/aromatic N) is 1. The first-order valence-corrected chi connectivity index (χ1v) is 7.76. The maximum absolute atomic E-state index is 4.18. The van der Waals surface area contributed by atoms with Crippen molar-refractivity contribution in [3.63, 3.8) is 0 Å². The number of hydrogen-bond acceptors (Lipinski definition) is 3. The highest BCUT2D eigenvalue weighted by Crippen LogP contribution is 2.17. The van der Waals surface area contributed by atoms with Gasteiger partial charge >= 0.3 is 0 Å². The molecule has 0 aliphatic carbocycles. The van der Waals surface area contributed by atoms with Gasteiger partial charge in [-0.3, -0.25) is 4.98 Å². The summed E-state index contributed by atoms with van der Waals surface area (Å²) in [6.07, 6.45) is 4.23. The summed E-state index contributed by atoms with van der Waals surface area (Å²) in [5.74, 6) is 0.630. The standard InChI is InChI=1S/C16H22N2S/c1-13(2)18-10-15(9-16-11-17-12-19-16)8-14-6-4-3-5-7-14/h3-7,11-13,15,18H,8-10H2,1-2H3. The van der Waals surface area contributed by atoms with Crippen molar-refractivity contribution in [1.29, 1.82) is 0 Å². The number of thiazole rings is 1. The first-order valence-electron chi connectivity index (χ1n) is 6.88. The Bertz CT molecular complexity index is 451. The lowest BCUT2D eigenvalue weighted by Gasteiger charge is -2.18. The third-order valence-electron chi connectivity index (χ3n) is 3.16. The molecule has 1 N–H and O–H groups in total. The molecule has 102 valence electrons. The summed E-state index contributed by atoms with van der Waals surface area (Å²) >= 11 is 1.76. The van der Waals surface area contributed by atoms with Crippen molar-refractivity contribution in [2.75, 3.05) is 6.54 Å². The highest BCUT2D eigenvalue weighted by molar-refractivity contribution is 7.09. The summed E-state index contributed by atoms with van der Waals surface area (Å²) < 4.78 is 0. The summed E-state index contributed by atoms with van der Waals surface area (Å²) in [5.41, 5.74) is 3.34. The highest BCUT2D eigenvalue weighted by Gasteiger charge is 2.12. The number of rotatable bonds is 7. The van der Waals surface area contributed by atoms with Gasteiger partial charge in [0.1, 0.15) is 0 Å². The predicted octanol–water partition coefficient (Wildman–Crippen LogP) is 3.54. The molecule has 2 rings (SSSR count). The summed E-state index contributed by atoms with van der Waals surface area (Å²) in [6.45, 7) is 5.46. The quantitative estimate of drug-likeness (QED) is 0.835. The van der Waals surface area contributed by atoms with Crippen LogP contribution in [-0.2, 0) is 12.8 Å². The third-order valence-corrected chi connectivity index (χ3v) is 3.96. The van der Waals surface area contributed by atoms with Crippen LogP contribution in [0.1, 0.15) is 24.3 Å². The maximum Gasteiger partial charge on any atom is 0.0794 e. The minimum absolute atomic E-state index is 0.541. The zero-order valence-electron chi connectivity index (χ0n) is 11.7. The van der Waals surface area contributed by atoms with Crippen molar-refractivity contribution in [1.82, 2.24) is 10.3 Å². The van der Waals surface area contributed by atoms with E-state index >= 15 is 0 Å². The number of benzene rings is 1. The van der Waals surface area contributed by atoms with Gasteiger partial charge in [0.15, 0.2) is 0 Å². The van der Waals surface area contributed by atoms with Crippen LogP contribution in [-0.4, -0.2) is 17.6 Å². The Hall–Kier alpha value is -1.19. The molecule has 0 saturated heterocycles. The Morgan fingerprint density at radius 1 is 1.16 bits per heavy atom. The molecule has 2 aromatic rings. The second-order valence-electron chi connectivity index (χ2n) is 5.29. The van der Waals surface area contributed by atoms with Gasteiger partial charge in [-0.1, -0.05) is 44.2 Å². The van der Waals surface area contributed by atoms with E-state index in [1.165, 1.54) is 10.4 Å². The van der Waals surface area contributed by atoms with Gasteiger partial charge in [-0.25, -0.2) is 0 Å². The summed E-state index contributed by atoms with van der Waals surface area (Å²) in [5, 5.41) is 3.56. The Balaban J connectivity index is 1.97. The van der Waals surface area contributed by atoms with Crippen LogP contribution in [0, 0.1) is 5.92 Å². The molecule has 1 aromatic carbocycles. The zero-order valence-corrected chi connectivity index (χ0v) is 12.5. The Morgan fingerprint density at radius 2 is 1.95 bits per heavy atom. The van der Waals surface area contributed by atoms with Crippen LogP contribution >= 0.6 is 11.3 Å². The molecule has 0 fully saturated rings. The van der Waals surface area contributed by atoms with Crippen molar-refractivity contribution in [2.24, 2.45) is 5.92 Å². The molecular weight excluding hydrogens is 252 g/mol. The van der Waals surface area contributed by atoms with Crippen molar-refractivity contribution < 1.29 is 0 Å². The lowest BCUT2D eigenvalue weighted by molar-refractivity contribution is 0.446. The van der Waals surface area contributed by atoms with Crippen LogP contribution < -0.4 is 5.32 Å². The van der Waals surface area contributed by atoms with Crippen molar-refractivity contribution in [3.8, 4) is 0 Å². The molecule has 1 aromatic heterocycles. The van der Waals surface area contributed by atoms with Gasteiger partial charge in [0.05, 0.1) is 5.51 Å². The highest BCUT2D eigenvalue weighted by atomic mass is 32.1. The van der Waals surface area contributed by atoms with E-state index in [2.05, 4.69) is 54.5 Å². The topological polar surface area (TPSA) is 24.9 Å². The zero-order chi connectivity index (χ0) is 13.5. The van der Waals surface area contributed by atoms with Crippen LogP contribution in [0.2, 0.25) is 0 Å². The largest absolute Gasteiger partial charge is 0.314 e. The van der Waals surface area contributed by atoms with E-state index in [4.69, 9.17) is 0 Å².